The van der Waals surface area contributed by atoms with Crippen LogP contribution in [0.2, 0.25) is 0 Å². The van der Waals surface area contributed by atoms with Gasteiger partial charge in [-0.2, -0.15) is 0 Å². The second-order valence-electron chi connectivity index (χ2n) is 5.20. The van der Waals surface area contributed by atoms with Crippen molar-refractivity contribution < 1.29 is 0 Å². The van der Waals surface area contributed by atoms with E-state index in [4.69, 9.17) is 0 Å². The molecule has 1 aromatic rings. The predicted octanol–water partition coefficient (Wildman–Crippen LogP) is 4.41. The van der Waals surface area contributed by atoms with Crippen molar-refractivity contribution in [1.29, 1.82) is 0 Å². The molecule has 0 amide bonds. The smallest absolute Gasteiger partial charge is 0.0692 e. The Morgan fingerprint density at radius 1 is 1.38 bits per heavy atom. The Balaban J connectivity index is 2.33. The molecule has 0 saturated heterocycles. The van der Waals surface area contributed by atoms with E-state index >= 15 is 0 Å². The van der Waals surface area contributed by atoms with Gasteiger partial charge in [-0.3, -0.25) is 4.98 Å². The summed E-state index contributed by atoms with van der Waals surface area (Å²) >= 11 is 0. The maximum atomic E-state index is 4.58. The van der Waals surface area contributed by atoms with Crippen molar-refractivity contribution in [2.75, 3.05) is 0 Å². The molecule has 0 aliphatic heterocycles. The summed E-state index contributed by atoms with van der Waals surface area (Å²) in [6.45, 7) is 6.81. The van der Waals surface area contributed by atoms with E-state index in [9.17, 15) is 0 Å². The maximum absolute atomic E-state index is 4.58. The zero-order valence-corrected chi connectivity index (χ0v) is 10.5. The van der Waals surface area contributed by atoms with Crippen LogP contribution in [0.25, 0.3) is 5.57 Å². The first-order chi connectivity index (χ1) is 7.68. The van der Waals surface area contributed by atoms with Gasteiger partial charge in [-0.15, -0.1) is 0 Å². The van der Waals surface area contributed by atoms with Gasteiger partial charge >= 0.3 is 0 Å². The molecule has 1 unspecified atom stereocenters. The second-order valence-corrected chi connectivity index (χ2v) is 5.20. The van der Waals surface area contributed by atoms with Gasteiger partial charge in [0.15, 0.2) is 0 Å². The largest absolute Gasteiger partial charge is 0.256 e. The van der Waals surface area contributed by atoms with Crippen molar-refractivity contribution in [3.05, 3.63) is 35.7 Å². The minimum absolute atomic E-state index is 0.559. The van der Waals surface area contributed by atoms with E-state index in [0.717, 1.165) is 5.92 Å². The third-order valence-electron chi connectivity index (χ3n) is 3.44. The highest BCUT2D eigenvalue weighted by atomic mass is 14.7. The average molecular weight is 215 g/mol. The molecule has 0 fully saturated rings. The van der Waals surface area contributed by atoms with Gasteiger partial charge in [0.25, 0.3) is 0 Å². The van der Waals surface area contributed by atoms with Crippen LogP contribution < -0.4 is 0 Å². The average Bonchev–Trinajstić information content (AvgIpc) is 2.30. The standard InChI is InChI=1S/C15H21N/c1-11(2)14-5-4-10-16-15(14)13-8-6-12(3)7-9-13/h4-5,8,10-12H,6-7,9H2,1-3H3. The van der Waals surface area contributed by atoms with E-state index in [2.05, 4.69) is 37.9 Å². The molecule has 0 bridgehead atoms. The van der Waals surface area contributed by atoms with E-state index in [-0.39, 0.29) is 0 Å². The van der Waals surface area contributed by atoms with Crippen LogP contribution in [-0.2, 0) is 0 Å². The van der Waals surface area contributed by atoms with Gasteiger partial charge in [-0.25, -0.2) is 0 Å². The van der Waals surface area contributed by atoms with Gasteiger partial charge in [0.05, 0.1) is 5.69 Å². The Kier molecular flexibility index (Phi) is 3.42. The van der Waals surface area contributed by atoms with Crippen molar-refractivity contribution in [1.82, 2.24) is 4.98 Å². The predicted molar refractivity (Wildman–Crippen MR) is 69.3 cm³/mol. The van der Waals surface area contributed by atoms with Crippen LogP contribution in [0, 0.1) is 5.92 Å². The zero-order valence-electron chi connectivity index (χ0n) is 10.5. The molecule has 1 aromatic heterocycles. The summed E-state index contributed by atoms with van der Waals surface area (Å²) < 4.78 is 0. The first-order valence-corrected chi connectivity index (χ1v) is 6.32. The molecule has 1 nitrogen and oxygen atoms in total. The number of pyridine rings is 1. The van der Waals surface area contributed by atoms with Gasteiger partial charge in [0.2, 0.25) is 0 Å². The SMILES string of the molecule is CC1CC=C(c2ncccc2C(C)C)CC1. The van der Waals surface area contributed by atoms with E-state index < -0.39 is 0 Å². The number of allylic oxidation sites excluding steroid dienone is 2. The molecule has 86 valence electrons. The lowest BCUT2D eigenvalue weighted by Gasteiger charge is -2.20. The number of hydrogen-bond acceptors (Lipinski definition) is 1. The lowest BCUT2D eigenvalue weighted by molar-refractivity contribution is 0.533. The summed E-state index contributed by atoms with van der Waals surface area (Å²) in [5.74, 6) is 1.40. The van der Waals surface area contributed by atoms with Gasteiger partial charge in [0, 0.05) is 6.20 Å². The van der Waals surface area contributed by atoms with Crippen molar-refractivity contribution >= 4 is 5.57 Å². The molecule has 1 atom stereocenters. The lowest BCUT2D eigenvalue weighted by Crippen LogP contribution is -2.05. The lowest BCUT2D eigenvalue weighted by atomic mass is 9.86. The van der Waals surface area contributed by atoms with Crippen LogP contribution in [0.4, 0.5) is 0 Å². The summed E-state index contributed by atoms with van der Waals surface area (Å²) in [6, 6.07) is 4.26. The number of hydrogen-bond donors (Lipinski definition) is 0. The summed E-state index contributed by atoms with van der Waals surface area (Å²) in [6.07, 6.45) is 8.02. The number of aromatic nitrogens is 1. The van der Waals surface area contributed by atoms with Crippen LogP contribution in [-0.4, -0.2) is 4.98 Å². The van der Waals surface area contributed by atoms with Crippen LogP contribution in [0.3, 0.4) is 0 Å². The molecule has 0 saturated carbocycles. The van der Waals surface area contributed by atoms with Crippen LogP contribution in [0.5, 0.6) is 0 Å². The van der Waals surface area contributed by atoms with E-state index in [1.165, 1.54) is 36.1 Å². The molecule has 1 aliphatic carbocycles. The molecule has 16 heavy (non-hydrogen) atoms. The molecule has 0 N–H and O–H groups in total. The minimum atomic E-state index is 0.559. The second kappa shape index (κ2) is 4.82. The Bertz CT molecular complexity index is 390. The molecular weight excluding hydrogens is 194 g/mol. The van der Waals surface area contributed by atoms with Crippen molar-refractivity contribution in [2.45, 2.75) is 46.0 Å². The fraction of sp³-hybridized carbons (Fsp3) is 0.533. The Labute approximate surface area is 98.6 Å². The number of nitrogens with zero attached hydrogens (tertiary/aromatic N) is 1. The van der Waals surface area contributed by atoms with E-state index in [1.807, 2.05) is 12.3 Å². The highest BCUT2D eigenvalue weighted by Gasteiger charge is 2.16. The summed E-state index contributed by atoms with van der Waals surface area (Å²) in [5, 5.41) is 0. The highest BCUT2D eigenvalue weighted by Crippen LogP contribution is 2.32. The number of rotatable bonds is 2. The maximum Gasteiger partial charge on any atom is 0.0692 e. The molecule has 2 rings (SSSR count). The van der Waals surface area contributed by atoms with E-state index in [1.54, 1.807) is 0 Å². The first kappa shape index (κ1) is 11.4. The summed E-state index contributed by atoms with van der Waals surface area (Å²) in [5.41, 5.74) is 4.09. The van der Waals surface area contributed by atoms with Gasteiger partial charge < -0.3 is 0 Å². The zero-order chi connectivity index (χ0) is 11.5. The fourth-order valence-corrected chi connectivity index (χ4v) is 2.33. The van der Waals surface area contributed by atoms with Crippen LogP contribution in [0.1, 0.15) is 57.2 Å². The molecule has 1 heteroatoms. The fourth-order valence-electron chi connectivity index (χ4n) is 2.33. The first-order valence-electron chi connectivity index (χ1n) is 6.32. The van der Waals surface area contributed by atoms with Crippen LogP contribution in [0.15, 0.2) is 24.4 Å². The third kappa shape index (κ3) is 2.34. The van der Waals surface area contributed by atoms with Crippen molar-refractivity contribution in [3.8, 4) is 0 Å². The molecule has 0 aromatic carbocycles. The summed E-state index contributed by atoms with van der Waals surface area (Å²) in [4.78, 5) is 4.58. The molecular formula is C15H21N. The quantitative estimate of drug-likeness (QED) is 0.712. The molecule has 1 aliphatic rings. The van der Waals surface area contributed by atoms with Crippen molar-refractivity contribution in [3.63, 3.8) is 0 Å². The van der Waals surface area contributed by atoms with Gasteiger partial charge in [0.1, 0.15) is 0 Å². The highest BCUT2D eigenvalue weighted by molar-refractivity contribution is 5.66. The van der Waals surface area contributed by atoms with E-state index in [0.29, 0.717) is 5.92 Å². The topological polar surface area (TPSA) is 12.9 Å². The molecule has 0 radical (unpaired) electrons. The normalized spacial score (nSPS) is 21.0. The molecule has 1 heterocycles. The Hall–Kier alpha value is -1.11. The monoisotopic (exact) mass is 215 g/mol. The Morgan fingerprint density at radius 2 is 2.19 bits per heavy atom. The van der Waals surface area contributed by atoms with Crippen LogP contribution >= 0.6 is 0 Å². The van der Waals surface area contributed by atoms with Gasteiger partial charge in [-0.1, -0.05) is 32.9 Å². The van der Waals surface area contributed by atoms with Crippen molar-refractivity contribution in [2.24, 2.45) is 5.92 Å². The third-order valence-corrected chi connectivity index (χ3v) is 3.44. The minimum Gasteiger partial charge on any atom is -0.256 e. The molecule has 0 spiro atoms. The van der Waals surface area contributed by atoms with Gasteiger partial charge in [-0.05, 0) is 48.3 Å². The summed E-state index contributed by atoms with van der Waals surface area (Å²) in [7, 11) is 0. The Morgan fingerprint density at radius 3 is 2.81 bits per heavy atom.